The second-order valence-electron chi connectivity index (χ2n) is 6.47. The van der Waals surface area contributed by atoms with E-state index in [9.17, 15) is 14.4 Å². The van der Waals surface area contributed by atoms with Crippen molar-refractivity contribution in [1.82, 2.24) is 4.90 Å². The maximum atomic E-state index is 12.5. The zero-order valence-electron chi connectivity index (χ0n) is 13.6. The predicted octanol–water partition coefficient (Wildman–Crippen LogP) is 1.12. The standard InChI is InChI=1S/C18H21NO5/c1-11-16-13(18(23)24-10-12-5-3-2-4-6-12)7-8-14(16)19(17(11)22)15(21)9-20/h2-6,11,13-14,16,20H,7-10H2,1H3/t11-,13?,14-,16-/m0/s1. The lowest BCUT2D eigenvalue weighted by atomic mass is 9.86. The van der Waals surface area contributed by atoms with Crippen LogP contribution in [0.25, 0.3) is 0 Å². The van der Waals surface area contributed by atoms with Gasteiger partial charge >= 0.3 is 5.97 Å². The molecule has 1 heterocycles. The van der Waals surface area contributed by atoms with E-state index in [-0.39, 0.29) is 36.4 Å². The topological polar surface area (TPSA) is 83.9 Å². The van der Waals surface area contributed by atoms with Crippen LogP contribution >= 0.6 is 0 Å². The van der Waals surface area contributed by atoms with Gasteiger partial charge in [-0.15, -0.1) is 0 Å². The van der Waals surface area contributed by atoms with Crippen LogP contribution in [0.5, 0.6) is 0 Å². The Morgan fingerprint density at radius 3 is 2.62 bits per heavy atom. The average Bonchev–Trinajstić information content (AvgIpc) is 3.13. The number of esters is 1. The van der Waals surface area contributed by atoms with Crippen LogP contribution < -0.4 is 0 Å². The van der Waals surface area contributed by atoms with Crippen molar-refractivity contribution in [3.05, 3.63) is 35.9 Å². The number of nitrogens with zero attached hydrogens (tertiary/aromatic N) is 1. The van der Waals surface area contributed by atoms with Gasteiger partial charge in [0.05, 0.1) is 5.92 Å². The molecule has 128 valence electrons. The number of hydrogen-bond acceptors (Lipinski definition) is 5. The number of fused-ring (bicyclic) bond motifs is 1. The summed E-state index contributed by atoms with van der Waals surface area (Å²) in [5.74, 6) is -2.22. The SMILES string of the molecule is C[C@@H]1C(=O)N(C(=O)CO)[C@H]2CCC(C(=O)OCc3ccccc3)[C@H]12. The molecular weight excluding hydrogens is 310 g/mol. The molecule has 1 N–H and O–H groups in total. The van der Waals surface area contributed by atoms with Crippen molar-refractivity contribution < 1.29 is 24.2 Å². The molecule has 6 nitrogen and oxygen atoms in total. The number of aliphatic hydroxyl groups excluding tert-OH is 1. The molecule has 1 saturated heterocycles. The molecule has 1 aliphatic carbocycles. The summed E-state index contributed by atoms with van der Waals surface area (Å²) in [6.07, 6.45) is 1.17. The molecule has 24 heavy (non-hydrogen) atoms. The Morgan fingerprint density at radius 2 is 1.96 bits per heavy atom. The highest BCUT2D eigenvalue weighted by atomic mass is 16.5. The maximum Gasteiger partial charge on any atom is 0.309 e. The van der Waals surface area contributed by atoms with Gasteiger partial charge in [0.25, 0.3) is 5.91 Å². The van der Waals surface area contributed by atoms with Crippen LogP contribution in [-0.4, -0.2) is 40.4 Å². The molecule has 1 aliphatic heterocycles. The first kappa shape index (κ1) is 16.6. The summed E-state index contributed by atoms with van der Waals surface area (Å²) < 4.78 is 5.42. The molecule has 1 aromatic rings. The van der Waals surface area contributed by atoms with Gasteiger partial charge in [0.15, 0.2) is 0 Å². The van der Waals surface area contributed by atoms with E-state index in [0.717, 1.165) is 10.5 Å². The number of likely N-dealkylation sites (tertiary alicyclic amines) is 1. The van der Waals surface area contributed by atoms with Crippen LogP contribution in [0.4, 0.5) is 0 Å². The molecule has 0 bridgehead atoms. The number of benzene rings is 1. The molecule has 6 heteroatoms. The quantitative estimate of drug-likeness (QED) is 0.836. The smallest absolute Gasteiger partial charge is 0.309 e. The van der Waals surface area contributed by atoms with E-state index >= 15 is 0 Å². The van der Waals surface area contributed by atoms with Crippen molar-refractivity contribution in [2.75, 3.05) is 6.61 Å². The number of amides is 2. The molecule has 0 radical (unpaired) electrons. The van der Waals surface area contributed by atoms with E-state index < -0.39 is 18.4 Å². The molecule has 4 atom stereocenters. The first-order valence-corrected chi connectivity index (χ1v) is 8.22. The Morgan fingerprint density at radius 1 is 1.25 bits per heavy atom. The lowest BCUT2D eigenvalue weighted by molar-refractivity contribution is -0.151. The molecule has 2 fully saturated rings. The van der Waals surface area contributed by atoms with E-state index in [1.165, 1.54) is 0 Å². The summed E-state index contributed by atoms with van der Waals surface area (Å²) >= 11 is 0. The summed E-state index contributed by atoms with van der Waals surface area (Å²) in [5.41, 5.74) is 0.910. The number of carbonyl (C=O) groups excluding carboxylic acids is 3. The first-order chi connectivity index (χ1) is 11.5. The summed E-state index contributed by atoms with van der Waals surface area (Å²) in [5, 5.41) is 9.07. The molecular formula is C18H21NO5. The summed E-state index contributed by atoms with van der Waals surface area (Å²) in [6.45, 7) is 1.26. The average molecular weight is 331 g/mol. The summed E-state index contributed by atoms with van der Waals surface area (Å²) in [4.78, 5) is 37.8. The van der Waals surface area contributed by atoms with Crippen molar-refractivity contribution in [3.63, 3.8) is 0 Å². The third-order valence-electron chi connectivity index (χ3n) is 5.15. The lowest BCUT2D eigenvalue weighted by Gasteiger charge is -2.21. The molecule has 2 amide bonds. The van der Waals surface area contributed by atoms with E-state index in [4.69, 9.17) is 9.84 Å². The van der Waals surface area contributed by atoms with Crippen molar-refractivity contribution >= 4 is 17.8 Å². The Hall–Kier alpha value is -2.21. The Kier molecular flexibility index (Phi) is 4.66. The Balaban J connectivity index is 1.69. The fraction of sp³-hybridized carbons (Fsp3) is 0.500. The van der Waals surface area contributed by atoms with Crippen molar-refractivity contribution in [3.8, 4) is 0 Å². The highest BCUT2D eigenvalue weighted by molar-refractivity contribution is 5.99. The van der Waals surface area contributed by atoms with Gasteiger partial charge in [-0.05, 0) is 18.4 Å². The van der Waals surface area contributed by atoms with Crippen LogP contribution in [-0.2, 0) is 25.7 Å². The fourth-order valence-electron chi connectivity index (χ4n) is 4.03. The van der Waals surface area contributed by atoms with Gasteiger partial charge in [0.1, 0.15) is 13.2 Å². The zero-order valence-corrected chi connectivity index (χ0v) is 13.6. The van der Waals surface area contributed by atoms with E-state index in [1.807, 2.05) is 30.3 Å². The minimum Gasteiger partial charge on any atom is -0.461 e. The third-order valence-corrected chi connectivity index (χ3v) is 5.15. The van der Waals surface area contributed by atoms with E-state index in [0.29, 0.717) is 12.8 Å². The predicted molar refractivity (Wildman–Crippen MR) is 84.3 cm³/mol. The van der Waals surface area contributed by atoms with E-state index in [1.54, 1.807) is 6.92 Å². The normalized spacial score (nSPS) is 28.8. The molecule has 3 rings (SSSR count). The largest absolute Gasteiger partial charge is 0.461 e. The number of hydrogen-bond donors (Lipinski definition) is 1. The minimum absolute atomic E-state index is 0.204. The lowest BCUT2D eigenvalue weighted by Crippen LogP contribution is -2.41. The number of ether oxygens (including phenoxy) is 1. The van der Waals surface area contributed by atoms with Gasteiger partial charge in [0.2, 0.25) is 5.91 Å². The van der Waals surface area contributed by atoms with Gasteiger partial charge in [0, 0.05) is 17.9 Å². The van der Waals surface area contributed by atoms with Gasteiger partial charge in [-0.25, -0.2) is 0 Å². The minimum atomic E-state index is -0.690. The summed E-state index contributed by atoms with van der Waals surface area (Å²) in [6, 6.07) is 9.12. The third kappa shape index (κ3) is 2.82. The number of imide groups is 1. The number of aliphatic hydroxyl groups is 1. The maximum absolute atomic E-state index is 12.5. The summed E-state index contributed by atoms with van der Waals surface area (Å²) in [7, 11) is 0. The van der Waals surface area contributed by atoms with Gasteiger partial charge in [-0.3, -0.25) is 19.3 Å². The van der Waals surface area contributed by atoms with Crippen LogP contribution in [0.15, 0.2) is 30.3 Å². The molecule has 2 aliphatic rings. The van der Waals surface area contributed by atoms with Crippen molar-refractivity contribution in [2.45, 2.75) is 32.4 Å². The fourth-order valence-corrected chi connectivity index (χ4v) is 4.03. The van der Waals surface area contributed by atoms with Gasteiger partial charge < -0.3 is 9.84 Å². The molecule has 1 unspecified atom stereocenters. The molecule has 0 aromatic heterocycles. The number of rotatable bonds is 4. The number of carbonyl (C=O) groups is 3. The van der Waals surface area contributed by atoms with Gasteiger partial charge in [-0.1, -0.05) is 37.3 Å². The molecule has 1 aromatic carbocycles. The Bertz CT molecular complexity index is 644. The highest BCUT2D eigenvalue weighted by Gasteiger charge is 2.56. The molecule has 1 saturated carbocycles. The first-order valence-electron chi connectivity index (χ1n) is 8.22. The second-order valence-corrected chi connectivity index (χ2v) is 6.47. The second kappa shape index (κ2) is 6.73. The van der Waals surface area contributed by atoms with Crippen LogP contribution in [0.3, 0.4) is 0 Å². The van der Waals surface area contributed by atoms with Crippen LogP contribution in [0, 0.1) is 17.8 Å². The zero-order chi connectivity index (χ0) is 17.3. The van der Waals surface area contributed by atoms with Crippen molar-refractivity contribution in [1.29, 1.82) is 0 Å². The molecule has 0 spiro atoms. The van der Waals surface area contributed by atoms with E-state index in [2.05, 4.69) is 0 Å². The van der Waals surface area contributed by atoms with Crippen LogP contribution in [0.1, 0.15) is 25.3 Å². The Labute approximate surface area is 140 Å². The van der Waals surface area contributed by atoms with Crippen molar-refractivity contribution in [2.24, 2.45) is 17.8 Å². The van der Waals surface area contributed by atoms with Crippen LogP contribution in [0.2, 0.25) is 0 Å². The van der Waals surface area contributed by atoms with Gasteiger partial charge in [-0.2, -0.15) is 0 Å². The monoisotopic (exact) mass is 331 g/mol. The highest BCUT2D eigenvalue weighted by Crippen LogP contribution is 2.46.